The van der Waals surface area contributed by atoms with Crippen LogP contribution in [0.25, 0.3) is 5.76 Å². The number of halogens is 4. The van der Waals surface area contributed by atoms with E-state index >= 15 is 4.39 Å². The molecular weight excluding hydrogens is 618 g/mol. The summed E-state index contributed by atoms with van der Waals surface area (Å²) in [5.41, 5.74) is 0.889. The first-order valence-electron chi connectivity index (χ1n) is 12.7. The number of carbonyl (C=O) groups excluding carboxylic acids is 3. The molecule has 1 amide bonds. The summed E-state index contributed by atoms with van der Waals surface area (Å²) < 4.78 is 15.3. The van der Waals surface area contributed by atoms with Gasteiger partial charge in [0.05, 0.1) is 17.3 Å². The van der Waals surface area contributed by atoms with Gasteiger partial charge in [-0.25, -0.2) is 4.39 Å². The van der Waals surface area contributed by atoms with Gasteiger partial charge in [0, 0.05) is 41.7 Å². The Morgan fingerprint density at radius 2 is 1.74 bits per heavy atom. The topological polar surface area (TPSA) is 185 Å². The number of aromatic hydroxyl groups is 1. The molecule has 3 aliphatic carbocycles. The SMILES string of the molecule is CN(C)[C@@H]1C(=O)C(C(N)=O)=C(O)[C@@]2(O)C(=O)C3=C(O)c4c(O)c(NCCNC(C)(C)C)cc(F)c4C[C@H]3C[C@@H]12.Cl.Cl.Cl. The van der Waals surface area contributed by atoms with Gasteiger partial charge in [-0.1, -0.05) is 0 Å². The van der Waals surface area contributed by atoms with E-state index in [0.29, 0.717) is 13.1 Å². The van der Waals surface area contributed by atoms with E-state index in [1.165, 1.54) is 19.0 Å². The molecule has 0 radical (unpaired) electrons. The highest BCUT2D eigenvalue weighted by atomic mass is 35.5. The number of nitrogens with zero attached hydrogens (tertiary/aromatic N) is 1. The van der Waals surface area contributed by atoms with Crippen LogP contribution in [0, 0.1) is 17.7 Å². The molecule has 11 nitrogen and oxygen atoms in total. The number of phenols is 1. The number of amides is 1. The summed E-state index contributed by atoms with van der Waals surface area (Å²) in [6.07, 6.45) is -0.218. The highest BCUT2D eigenvalue weighted by molar-refractivity contribution is 6.24. The number of rotatable bonds is 6. The zero-order valence-electron chi connectivity index (χ0n) is 23.8. The molecule has 4 rings (SSSR count). The van der Waals surface area contributed by atoms with Crippen LogP contribution in [-0.2, 0) is 20.8 Å². The van der Waals surface area contributed by atoms with Crippen molar-refractivity contribution in [1.29, 1.82) is 0 Å². The van der Waals surface area contributed by atoms with E-state index < -0.39 is 69.6 Å². The summed E-state index contributed by atoms with van der Waals surface area (Å²) in [4.78, 5) is 40.4. The van der Waals surface area contributed by atoms with Crippen LogP contribution in [-0.4, -0.2) is 87.2 Å². The minimum atomic E-state index is -2.74. The van der Waals surface area contributed by atoms with Crippen molar-refractivity contribution in [3.05, 3.63) is 39.9 Å². The summed E-state index contributed by atoms with van der Waals surface area (Å²) in [5, 5.41) is 50.9. The highest BCUT2D eigenvalue weighted by Gasteiger charge is 2.64. The van der Waals surface area contributed by atoms with Gasteiger partial charge < -0.3 is 36.8 Å². The number of ketones is 2. The Morgan fingerprint density at radius 1 is 1.14 bits per heavy atom. The number of Topliss-reactive ketones (excluding diaryl/α,β-unsaturated/α-hetero) is 2. The fourth-order valence-corrected chi connectivity index (χ4v) is 6.04. The molecule has 1 aromatic carbocycles. The van der Waals surface area contributed by atoms with E-state index in [0.717, 1.165) is 6.07 Å². The third kappa shape index (κ3) is 5.93. The Hall–Kier alpha value is -2.61. The van der Waals surface area contributed by atoms with Crippen LogP contribution in [0.15, 0.2) is 23.0 Å². The second-order valence-electron chi connectivity index (χ2n) is 11.7. The summed E-state index contributed by atoms with van der Waals surface area (Å²) in [7, 11) is 3.02. The zero-order chi connectivity index (χ0) is 29.2. The van der Waals surface area contributed by atoms with E-state index in [2.05, 4.69) is 10.6 Å². The lowest BCUT2D eigenvalue weighted by Gasteiger charge is -2.50. The van der Waals surface area contributed by atoms with Crippen LogP contribution in [0.4, 0.5) is 10.1 Å². The number of nitrogens with two attached hydrogens (primary N) is 1. The molecule has 0 bridgehead atoms. The molecule has 15 heteroatoms. The number of phenolic OH excluding ortho intramolecular Hbond substituents is 1. The lowest BCUT2D eigenvalue weighted by molar-refractivity contribution is -0.153. The molecule has 1 fully saturated rings. The van der Waals surface area contributed by atoms with Gasteiger partial charge in [-0.2, -0.15) is 0 Å². The maximum atomic E-state index is 15.3. The third-order valence-electron chi connectivity index (χ3n) is 7.76. The Kier molecular flexibility index (Phi) is 11.5. The molecule has 4 atom stereocenters. The predicted octanol–water partition coefficient (Wildman–Crippen LogP) is 2.17. The van der Waals surface area contributed by atoms with Crippen molar-refractivity contribution in [2.24, 2.45) is 17.6 Å². The molecule has 1 aromatic rings. The Morgan fingerprint density at radius 3 is 2.26 bits per heavy atom. The van der Waals surface area contributed by atoms with Gasteiger partial charge in [0.1, 0.15) is 28.7 Å². The minimum Gasteiger partial charge on any atom is -0.508 e. The molecule has 8 N–H and O–H groups in total. The van der Waals surface area contributed by atoms with Gasteiger partial charge in [0.2, 0.25) is 5.78 Å². The normalized spacial score (nSPS) is 25.0. The van der Waals surface area contributed by atoms with Crippen molar-refractivity contribution in [2.75, 3.05) is 32.5 Å². The number of likely N-dealkylation sites (N-methyl/N-ethyl adjacent to an activating group) is 1. The number of benzene rings is 1. The standard InChI is InChI=1S/C27H35FN4O7.3ClH/c1-26(2,3)31-7-6-30-15-10-14(28)12-8-11-9-13-19(32(4)5)22(35)18(25(29)38)24(37)27(13,39)23(36)16(11)21(34)17(12)20(15)33;;;/h10-11,13,19,30-31,33-34,37,39H,6-9H2,1-5H3,(H2,29,38);3*1H/t11-,13-,19-,27-;;;/m0.../s1. The number of nitrogens with one attached hydrogen (secondary N) is 2. The molecule has 0 unspecified atom stereocenters. The van der Waals surface area contributed by atoms with E-state index in [-0.39, 0.29) is 78.0 Å². The lowest BCUT2D eigenvalue weighted by atomic mass is 9.57. The number of primary amides is 1. The number of carbonyl (C=O) groups is 3. The first-order valence-corrected chi connectivity index (χ1v) is 12.7. The number of aliphatic hydroxyl groups is 3. The molecule has 3 aliphatic rings. The minimum absolute atomic E-state index is 0. The summed E-state index contributed by atoms with van der Waals surface area (Å²) >= 11 is 0. The van der Waals surface area contributed by atoms with E-state index in [1.54, 1.807) is 0 Å². The fourth-order valence-electron chi connectivity index (χ4n) is 6.04. The molecule has 0 aromatic heterocycles. The van der Waals surface area contributed by atoms with Crippen molar-refractivity contribution in [1.82, 2.24) is 10.2 Å². The summed E-state index contributed by atoms with van der Waals surface area (Å²) in [6, 6.07) is -0.0840. The van der Waals surface area contributed by atoms with E-state index in [1.807, 2.05) is 20.8 Å². The smallest absolute Gasteiger partial charge is 0.255 e. The average Bonchev–Trinajstić information content (AvgIpc) is 2.81. The molecule has 42 heavy (non-hydrogen) atoms. The van der Waals surface area contributed by atoms with Crippen LogP contribution < -0.4 is 16.4 Å². The average molecular weight is 656 g/mol. The van der Waals surface area contributed by atoms with Crippen LogP contribution in [0.2, 0.25) is 0 Å². The molecular formula is C27H38Cl3FN4O7. The number of hydrogen-bond acceptors (Lipinski definition) is 10. The summed E-state index contributed by atoms with van der Waals surface area (Å²) in [6.45, 7) is 6.74. The van der Waals surface area contributed by atoms with Crippen LogP contribution >= 0.6 is 37.2 Å². The number of anilines is 1. The molecule has 0 saturated heterocycles. The van der Waals surface area contributed by atoms with Crippen LogP contribution in [0.3, 0.4) is 0 Å². The number of hydrogen-bond donors (Lipinski definition) is 7. The van der Waals surface area contributed by atoms with E-state index in [4.69, 9.17) is 5.73 Å². The second-order valence-corrected chi connectivity index (χ2v) is 11.7. The van der Waals surface area contributed by atoms with Gasteiger partial charge in [-0.05, 0) is 53.6 Å². The van der Waals surface area contributed by atoms with Gasteiger partial charge in [0.25, 0.3) is 5.91 Å². The third-order valence-corrected chi connectivity index (χ3v) is 7.76. The lowest BCUT2D eigenvalue weighted by Crippen LogP contribution is -2.65. The molecule has 1 saturated carbocycles. The largest absolute Gasteiger partial charge is 0.508 e. The van der Waals surface area contributed by atoms with Crippen molar-refractivity contribution >= 4 is 66.1 Å². The maximum Gasteiger partial charge on any atom is 0.255 e. The molecule has 0 heterocycles. The first kappa shape index (κ1) is 37.4. The zero-order valence-corrected chi connectivity index (χ0v) is 26.2. The monoisotopic (exact) mass is 654 g/mol. The maximum absolute atomic E-state index is 15.3. The molecule has 0 spiro atoms. The second kappa shape index (κ2) is 12.9. The Labute approximate surface area is 261 Å². The van der Waals surface area contributed by atoms with Crippen molar-refractivity contribution in [2.45, 2.75) is 50.8 Å². The van der Waals surface area contributed by atoms with Gasteiger partial charge in [-0.3, -0.25) is 19.3 Å². The van der Waals surface area contributed by atoms with Crippen molar-refractivity contribution < 1.29 is 39.2 Å². The predicted molar refractivity (Wildman–Crippen MR) is 162 cm³/mol. The molecule has 0 aliphatic heterocycles. The highest BCUT2D eigenvalue weighted by Crippen LogP contribution is 2.53. The Balaban J connectivity index is 0.00000294. The quantitative estimate of drug-likeness (QED) is 0.136. The Bertz CT molecular complexity index is 1350. The van der Waals surface area contributed by atoms with Crippen molar-refractivity contribution in [3.63, 3.8) is 0 Å². The molecule has 236 valence electrons. The number of fused-ring (bicyclic) bond motifs is 3. The number of aliphatic hydroxyl groups excluding tert-OH is 2. The first-order chi connectivity index (χ1) is 18.0. The van der Waals surface area contributed by atoms with E-state index in [9.17, 15) is 34.8 Å². The fraction of sp³-hybridized carbons (Fsp3) is 0.519. The van der Waals surface area contributed by atoms with Gasteiger partial charge in [-0.15, -0.1) is 37.2 Å². The van der Waals surface area contributed by atoms with Crippen LogP contribution in [0.5, 0.6) is 5.75 Å². The van der Waals surface area contributed by atoms with Gasteiger partial charge in [0.15, 0.2) is 11.4 Å². The summed E-state index contributed by atoms with van der Waals surface area (Å²) in [5.74, 6) is -8.45. The van der Waals surface area contributed by atoms with Gasteiger partial charge >= 0.3 is 0 Å². The van der Waals surface area contributed by atoms with Crippen molar-refractivity contribution in [3.8, 4) is 5.75 Å². The van der Waals surface area contributed by atoms with Crippen LogP contribution in [0.1, 0.15) is 38.3 Å².